The molecular formula is C15H23BrN2O2. The van der Waals surface area contributed by atoms with E-state index in [1.54, 1.807) is 0 Å². The molecule has 2 rings (SSSR count). The molecule has 1 aliphatic rings. The van der Waals surface area contributed by atoms with Crippen molar-refractivity contribution in [2.75, 3.05) is 6.61 Å². The van der Waals surface area contributed by atoms with Gasteiger partial charge in [0, 0.05) is 6.61 Å². The molecule has 0 amide bonds. The Morgan fingerprint density at radius 2 is 2.05 bits per heavy atom. The molecule has 0 atom stereocenters. The highest BCUT2D eigenvalue weighted by atomic mass is 79.9. The zero-order valence-corrected chi connectivity index (χ0v) is 14.0. The molecule has 0 spiro atoms. The van der Waals surface area contributed by atoms with Crippen molar-refractivity contribution in [3.8, 4) is 0 Å². The molecule has 1 saturated carbocycles. The minimum absolute atomic E-state index is 0.100. The highest BCUT2D eigenvalue weighted by molar-refractivity contribution is 9.10. The van der Waals surface area contributed by atoms with E-state index in [0.717, 1.165) is 37.8 Å². The standard InChI is InChI=1S/C15H23BrN2O2/c1-4-20-15(7-5-6-8-15)14-17-11(9-10(2)3)12(16)13(19)18-14/h10H,4-9H2,1-3H3,(H,17,18,19). The molecular weight excluding hydrogens is 320 g/mol. The van der Waals surface area contributed by atoms with E-state index in [4.69, 9.17) is 9.72 Å². The smallest absolute Gasteiger partial charge is 0.265 e. The van der Waals surface area contributed by atoms with Gasteiger partial charge in [0.2, 0.25) is 0 Å². The van der Waals surface area contributed by atoms with E-state index < -0.39 is 0 Å². The quantitative estimate of drug-likeness (QED) is 0.890. The molecule has 4 nitrogen and oxygen atoms in total. The number of ether oxygens (including phenoxy) is 1. The van der Waals surface area contributed by atoms with Crippen molar-refractivity contribution < 1.29 is 4.74 Å². The molecule has 1 fully saturated rings. The van der Waals surface area contributed by atoms with Crippen LogP contribution in [-0.4, -0.2) is 16.6 Å². The van der Waals surface area contributed by atoms with Crippen LogP contribution in [0.15, 0.2) is 9.27 Å². The summed E-state index contributed by atoms with van der Waals surface area (Å²) in [5.41, 5.74) is 0.349. The average molecular weight is 343 g/mol. The number of rotatable bonds is 5. The Morgan fingerprint density at radius 3 is 2.60 bits per heavy atom. The first-order valence-corrected chi connectivity index (χ1v) is 8.21. The molecule has 1 heterocycles. The number of nitrogens with zero attached hydrogens (tertiary/aromatic N) is 1. The third-order valence-electron chi connectivity index (χ3n) is 3.80. The van der Waals surface area contributed by atoms with Crippen molar-refractivity contribution in [2.45, 2.75) is 58.5 Å². The predicted octanol–water partition coefficient (Wildman–Crippen LogP) is 3.54. The molecule has 1 aliphatic carbocycles. The van der Waals surface area contributed by atoms with Gasteiger partial charge in [-0.1, -0.05) is 13.8 Å². The number of aromatic amines is 1. The monoisotopic (exact) mass is 342 g/mol. The number of H-pyrrole nitrogens is 1. The minimum Gasteiger partial charge on any atom is -0.367 e. The van der Waals surface area contributed by atoms with Crippen LogP contribution in [0, 0.1) is 5.92 Å². The second-order valence-corrected chi connectivity index (χ2v) is 6.70. The predicted molar refractivity (Wildman–Crippen MR) is 82.9 cm³/mol. The summed E-state index contributed by atoms with van der Waals surface area (Å²) in [5.74, 6) is 1.17. The Kier molecular flexibility index (Phi) is 5.02. The molecule has 0 aromatic carbocycles. The molecule has 0 aliphatic heterocycles. The second kappa shape index (κ2) is 6.39. The highest BCUT2D eigenvalue weighted by Gasteiger charge is 2.39. The van der Waals surface area contributed by atoms with Gasteiger partial charge in [0.05, 0.1) is 5.69 Å². The lowest BCUT2D eigenvalue weighted by Crippen LogP contribution is -2.32. The zero-order valence-electron chi connectivity index (χ0n) is 12.5. The van der Waals surface area contributed by atoms with E-state index in [-0.39, 0.29) is 11.2 Å². The number of hydrogen-bond acceptors (Lipinski definition) is 3. The van der Waals surface area contributed by atoms with Crippen LogP contribution in [-0.2, 0) is 16.8 Å². The van der Waals surface area contributed by atoms with Crippen molar-refractivity contribution in [1.29, 1.82) is 0 Å². The summed E-state index contributed by atoms with van der Waals surface area (Å²) in [6, 6.07) is 0. The van der Waals surface area contributed by atoms with Crippen LogP contribution in [0.1, 0.15) is 58.0 Å². The zero-order chi connectivity index (χ0) is 14.8. The maximum absolute atomic E-state index is 12.1. The highest BCUT2D eigenvalue weighted by Crippen LogP contribution is 2.40. The van der Waals surface area contributed by atoms with Gasteiger partial charge in [-0.15, -0.1) is 0 Å². The van der Waals surface area contributed by atoms with E-state index in [2.05, 4.69) is 34.8 Å². The summed E-state index contributed by atoms with van der Waals surface area (Å²) in [6.45, 7) is 6.89. The van der Waals surface area contributed by atoms with E-state index >= 15 is 0 Å². The van der Waals surface area contributed by atoms with Crippen LogP contribution in [0.2, 0.25) is 0 Å². The van der Waals surface area contributed by atoms with Gasteiger partial charge in [0.25, 0.3) is 5.56 Å². The Labute approximate surface area is 128 Å². The minimum atomic E-state index is -0.389. The summed E-state index contributed by atoms with van der Waals surface area (Å²) >= 11 is 3.36. The lowest BCUT2D eigenvalue weighted by Gasteiger charge is -2.28. The lowest BCUT2D eigenvalue weighted by molar-refractivity contribution is -0.0460. The molecule has 1 N–H and O–H groups in total. The van der Waals surface area contributed by atoms with E-state index in [1.165, 1.54) is 0 Å². The number of nitrogens with one attached hydrogen (secondary N) is 1. The van der Waals surface area contributed by atoms with Crippen molar-refractivity contribution in [3.05, 3.63) is 26.3 Å². The van der Waals surface area contributed by atoms with Crippen molar-refractivity contribution in [3.63, 3.8) is 0 Å². The van der Waals surface area contributed by atoms with Crippen LogP contribution in [0.25, 0.3) is 0 Å². The van der Waals surface area contributed by atoms with Crippen molar-refractivity contribution in [1.82, 2.24) is 9.97 Å². The third-order valence-corrected chi connectivity index (χ3v) is 4.61. The first-order chi connectivity index (χ1) is 9.48. The summed E-state index contributed by atoms with van der Waals surface area (Å²) in [7, 11) is 0. The summed E-state index contributed by atoms with van der Waals surface area (Å²) in [6.07, 6.45) is 4.91. The van der Waals surface area contributed by atoms with Gasteiger partial charge in [0.1, 0.15) is 15.9 Å². The van der Waals surface area contributed by atoms with Crippen LogP contribution in [0.3, 0.4) is 0 Å². The molecule has 0 radical (unpaired) electrons. The number of halogens is 1. The fourth-order valence-electron chi connectivity index (χ4n) is 2.92. The third kappa shape index (κ3) is 3.14. The van der Waals surface area contributed by atoms with Gasteiger partial charge >= 0.3 is 0 Å². The molecule has 0 unspecified atom stereocenters. The van der Waals surface area contributed by atoms with Gasteiger partial charge in [-0.25, -0.2) is 4.98 Å². The van der Waals surface area contributed by atoms with Gasteiger partial charge < -0.3 is 9.72 Å². The molecule has 0 saturated heterocycles. The Morgan fingerprint density at radius 1 is 1.40 bits per heavy atom. The second-order valence-electron chi connectivity index (χ2n) is 5.91. The maximum Gasteiger partial charge on any atom is 0.265 e. The van der Waals surface area contributed by atoms with E-state index in [0.29, 0.717) is 22.8 Å². The molecule has 112 valence electrons. The van der Waals surface area contributed by atoms with Gasteiger partial charge in [-0.2, -0.15) is 0 Å². The topological polar surface area (TPSA) is 55.0 Å². The Bertz CT molecular complexity index is 519. The van der Waals surface area contributed by atoms with Crippen molar-refractivity contribution in [2.24, 2.45) is 5.92 Å². The number of aromatic nitrogens is 2. The lowest BCUT2D eigenvalue weighted by atomic mass is 10.00. The normalized spacial score (nSPS) is 17.9. The first-order valence-electron chi connectivity index (χ1n) is 7.41. The summed E-state index contributed by atoms with van der Waals surface area (Å²) < 4.78 is 6.54. The summed E-state index contributed by atoms with van der Waals surface area (Å²) in [4.78, 5) is 19.8. The van der Waals surface area contributed by atoms with E-state index in [1.807, 2.05) is 6.92 Å². The summed E-state index contributed by atoms with van der Waals surface area (Å²) in [5, 5.41) is 0. The SMILES string of the molecule is CCOC1(c2nc(CC(C)C)c(Br)c(=O)[nH]2)CCCC1. The fourth-order valence-corrected chi connectivity index (χ4v) is 3.26. The van der Waals surface area contributed by atoms with E-state index in [9.17, 15) is 4.79 Å². The Hall–Kier alpha value is -0.680. The van der Waals surface area contributed by atoms with Crippen LogP contribution in [0.4, 0.5) is 0 Å². The average Bonchev–Trinajstić information content (AvgIpc) is 2.84. The van der Waals surface area contributed by atoms with Gasteiger partial charge in [-0.3, -0.25) is 4.79 Å². The van der Waals surface area contributed by atoms with Crippen LogP contribution in [0.5, 0.6) is 0 Å². The first kappa shape index (κ1) is 15.7. The van der Waals surface area contributed by atoms with Crippen molar-refractivity contribution >= 4 is 15.9 Å². The maximum atomic E-state index is 12.1. The molecule has 0 bridgehead atoms. The van der Waals surface area contributed by atoms with Gasteiger partial charge in [-0.05, 0) is 60.9 Å². The number of hydrogen-bond donors (Lipinski definition) is 1. The van der Waals surface area contributed by atoms with Gasteiger partial charge in [0.15, 0.2) is 0 Å². The molecule has 5 heteroatoms. The fraction of sp³-hybridized carbons (Fsp3) is 0.733. The molecule has 20 heavy (non-hydrogen) atoms. The molecule has 1 aromatic rings. The largest absolute Gasteiger partial charge is 0.367 e. The molecule has 1 aromatic heterocycles. The Balaban J connectivity index is 2.45. The van der Waals surface area contributed by atoms with Crippen LogP contribution >= 0.6 is 15.9 Å². The van der Waals surface area contributed by atoms with Crippen LogP contribution < -0.4 is 5.56 Å².